The number of aryl methyl sites for hydroxylation is 3. The summed E-state index contributed by atoms with van der Waals surface area (Å²) in [5.74, 6) is 0.680. The monoisotopic (exact) mass is 353 g/mol. The van der Waals surface area contributed by atoms with Gasteiger partial charge in [0.25, 0.3) is 0 Å². The Kier molecular flexibility index (Phi) is 5.68. The lowest BCUT2D eigenvalue weighted by Gasteiger charge is -2.11. The fourth-order valence-corrected chi connectivity index (χ4v) is 3.26. The maximum absolute atomic E-state index is 12.1. The van der Waals surface area contributed by atoms with Gasteiger partial charge in [0.15, 0.2) is 0 Å². The van der Waals surface area contributed by atoms with E-state index in [9.17, 15) is 8.42 Å². The Morgan fingerprint density at radius 2 is 1.61 bits per heavy atom. The molecule has 0 aromatic heterocycles. The average Bonchev–Trinajstić information content (AvgIpc) is 2.49. The number of hydrogen-bond donors (Lipinski definition) is 1. The third-order valence-corrected chi connectivity index (χ3v) is 5.48. The SMILES string of the molecule is Cc1ccc(S(=O)(=O)NCCOc2cc(C)c(Cl)c(C)c2)cc1. The van der Waals surface area contributed by atoms with E-state index in [1.54, 1.807) is 24.3 Å². The molecule has 1 N–H and O–H groups in total. The second-order valence-corrected chi connectivity index (χ2v) is 7.58. The van der Waals surface area contributed by atoms with E-state index in [4.69, 9.17) is 16.3 Å². The third-order valence-electron chi connectivity index (χ3n) is 3.40. The molecule has 0 aliphatic heterocycles. The summed E-state index contributed by atoms with van der Waals surface area (Å²) in [7, 11) is -3.51. The summed E-state index contributed by atoms with van der Waals surface area (Å²) in [6.07, 6.45) is 0. The standard InChI is InChI=1S/C17H20ClNO3S/c1-12-4-6-16(7-5-12)23(20,21)19-8-9-22-15-10-13(2)17(18)14(3)11-15/h4-7,10-11,19H,8-9H2,1-3H3. The molecule has 6 heteroatoms. The highest BCUT2D eigenvalue weighted by Gasteiger charge is 2.12. The van der Waals surface area contributed by atoms with Gasteiger partial charge in [-0.3, -0.25) is 0 Å². The third kappa shape index (κ3) is 4.70. The predicted octanol–water partition coefficient (Wildman–Crippen LogP) is 3.62. The van der Waals surface area contributed by atoms with Crippen LogP contribution in [-0.4, -0.2) is 21.6 Å². The van der Waals surface area contributed by atoms with E-state index in [1.165, 1.54) is 0 Å². The molecule has 23 heavy (non-hydrogen) atoms. The predicted molar refractivity (Wildman–Crippen MR) is 92.8 cm³/mol. The minimum absolute atomic E-state index is 0.191. The van der Waals surface area contributed by atoms with Gasteiger partial charge in [0.2, 0.25) is 10.0 Å². The van der Waals surface area contributed by atoms with Gasteiger partial charge in [0.1, 0.15) is 12.4 Å². The highest BCUT2D eigenvalue weighted by Crippen LogP contribution is 2.25. The molecule has 124 valence electrons. The number of halogens is 1. The van der Waals surface area contributed by atoms with E-state index in [0.29, 0.717) is 5.75 Å². The topological polar surface area (TPSA) is 55.4 Å². The smallest absolute Gasteiger partial charge is 0.240 e. The average molecular weight is 354 g/mol. The van der Waals surface area contributed by atoms with Gasteiger partial charge in [-0.2, -0.15) is 0 Å². The summed E-state index contributed by atoms with van der Waals surface area (Å²) in [6.45, 7) is 6.15. The molecule has 0 heterocycles. The first-order valence-corrected chi connectivity index (χ1v) is 9.11. The van der Waals surface area contributed by atoms with Crippen LogP contribution in [0.1, 0.15) is 16.7 Å². The van der Waals surface area contributed by atoms with E-state index in [-0.39, 0.29) is 18.0 Å². The first-order chi connectivity index (χ1) is 10.8. The van der Waals surface area contributed by atoms with E-state index < -0.39 is 10.0 Å². The molecule has 0 radical (unpaired) electrons. The van der Waals surface area contributed by atoms with Crippen LogP contribution in [0.15, 0.2) is 41.3 Å². The Balaban J connectivity index is 1.91. The highest BCUT2D eigenvalue weighted by atomic mass is 35.5. The minimum atomic E-state index is -3.51. The largest absolute Gasteiger partial charge is 0.492 e. The number of rotatable bonds is 6. The van der Waals surface area contributed by atoms with Crippen molar-refractivity contribution in [3.63, 3.8) is 0 Å². The summed E-state index contributed by atoms with van der Waals surface area (Å²) in [5, 5.41) is 0.720. The summed E-state index contributed by atoms with van der Waals surface area (Å²) in [6, 6.07) is 10.4. The van der Waals surface area contributed by atoms with Crippen LogP contribution in [0.2, 0.25) is 5.02 Å². The molecule has 0 saturated heterocycles. The van der Waals surface area contributed by atoms with E-state index in [2.05, 4.69) is 4.72 Å². The molecule has 2 rings (SSSR count). The molecule has 0 bridgehead atoms. The molecule has 2 aromatic carbocycles. The molecule has 0 amide bonds. The van der Waals surface area contributed by atoms with Crippen LogP contribution in [-0.2, 0) is 10.0 Å². The van der Waals surface area contributed by atoms with Crippen LogP contribution in [0.5, 0.6) is 5.75 Å². The molecule has 0 fully saturated rings. The summed E-state index contributed by atoms with van der Waals surface area (Å²) in [4.78, 5) is 0.251. The van der Waals surface area contributed by atoms with Crippen LogP contribution >= 0.6 is 11.6 Å². The molecule has 0 aliphatic carbocycles. The van der Waals surface area contributed by atoms with Gasteiger partial charge in [-0.25, -0.2) is 13.1 Å². The number of hydrogen-bond acceptors (Lipinski definition) is 3. The van der Waals surface area contributed by atoms with Gasteiger partial charge in [-0.05, 0) is 56.2 Å². The Morgan fingerprint density at radius 3 is 2.17 bits per heavy atom. The molecule has 2 aromatic rings. The van der Waals surface area contributed by atoms with E-state index >= 15 is 0 Å². The zero-order valence-electron chi connectivity index (χ0n) is 13.4. The summed E-state index contributed by atoms with van der Waals surface area (Å²) >= 11 is 6.10. The van der Waals surface area contributed by atoms with Gasteiger partial charge in [-0.15, -0.1) is 0 Å². The maximum atomic E-state index is 12.1. The van der Waals surface area contributed by atoms with Crippen molar-refractivity contribution in [1.29, 1.82) is 0 Å². The quantitative estimate of drug-likeness (QED) is 0.807. The van der Waals surface area contributed by atoms with Crippen molar-refractivity contribution in [2.45, 2.75) is 25.7 Å². The number of nitrogens with one attached hydrogen (secondary N) is 1. The molecule has 4 nitrogen and oxygen atoms in total. The zero-order chi connectivity index (χ0) is 17.0. The minimum Gasteiger partial charge on any atom is -0.492 e. The number of benzene rings is 2. The van der Waals surface area contributed by atoms with Gasteiger partial charge in [-0.1, -0.05) is 29.3 Å². The first kappa shape index (κ1) is 17.8. The van der Waals surface area contributed by atoms with Gasteiger partial charge in [0, 0.05) is 11.6 Å². The van der Waals surface area contributed by atoms with Crippen molar-refractivity contribution in [1.82, 2.24) is 4.72 Å². The molecule has 0 aliphatic rings. The molecular formula is C17H20ClNO3S. The second-order valence-electron chi connectivity index (χ2n) is 5.43. The van der Waals surface area contributed by atoms with E-state index in [0.717, 1.165) is 21.7 Å². The van der Waals surface area contributed by atoms with Crippen molar-refractivity contribution in [3.8, 4) is 5.75 Å². The van der Waals surface area contributed by atoms with Crippen molar-refractivity contribution in [3.05, 3.63) is 58.1 Å². The van der Waals surface area contributed by atoms with Gasteiger partial charge >= 0.3 is 0 Å². The molecule has 0 saturated carbocycles. The van der Waals surface area contributed by atoms with Crippen LogP contribution < -0.4 is 9.46 Å². The Hall–Kier alpha value is -1.56. The van der Waals surface area contributed by atoms with Crippen molar-refractivity contribution >= 4 is 21.6 Å². The van der Waals surface area contributed by atoms with Crippen molar-refractivity contribution in [2.75, 3.05) is 13.2 Å². The van der Waals surface area contributed by atoms with Crippen LogP contribution in [0, 0.1) is 20.8 Å². The Bertz CT molecular complexity index is 763. The molecule has 0 unspecified atom stereocenters. The molecule has 0 atom stereocenters. The van der Waals surface area contributed by atoms with E-state index in [1.807, 2.05) is 32.9 Å². The van der Waals surface area contributed by atoms with Crippen LogP contribution in [0.4, 0.5) is 0 Å². The molecular weight excluding hydrogens is 334 g/mol. The lowest BCUT2D eigenvalue weighted by atomic mass is 10.1. The lowest BCUT2D eigenvalue weighted by Crippen LogP contribution is -2.28. The Morgan fingerprint density at radius 1 is 1.04 bits per heavy atom. The fraction of sp³-hybridized carbons (Fsp3) is 0.294. The highest BCUT2D eigenvalue weighted by molar-refractivity contribution is 7.89. The number of sulfonamides is 1. The normalized spacial score (nSPS) is 11.5. The first-order valence-electron chi connectivity index (χ1n) is 7.25. The van der Waals surface area contributed by atoms with Crippen LogP contribution in [0.3, 0.4) is 0 Å². The van der Waals surface area contributed by atoms with Crippen molar-refractivity contribution in [2.24, 2.45) is 0 Å². The summed E-state index contributed by atoms with van der Waals surface area (Å²) in [5.41, 5.74) is 2.88. The zero-order valence-corrected chi connectivity index (χ0v) is 15.0. The van der Waals surface area contributed by atoms with Gasteiger partial charge in [0.05, 0.1) is 4.90 Å². The molecule has 0 spiro atoms. The number of ether oxygens (including phenoxy) is 1. The van der Waals surface area contributed by atoms with Crippen molar-refractivity contribution < 1.29 is 13.2 Å². The fourth-order valence-electron chi connectivity index (χ4n) is 2.14. The second kappa shape index (κ2) is 7.34. The lowest BCUT2D eigenvalue weighted by molar-refractivity contribution is 0.322. The van der Waals surface area contributed by atoms with Crippen LogP contribution in [0.25, 0.3) is 0 Å². The summed E-state index contributed by atoms with van der Waals surface area (Å²) < 4.78 is 32.4. The maximum Gasteiger partial charge on any atom is 0.240 e. The Labute approximate surface area is 142 Å². The van der Waals surface area contributed by atoms with Gasteiger partial charge < -0.3 is 4.74 Å².